The summed E-state index contributed by atoms with van der Waals surface area (Å²) in [5.41, 5.74) is 3.10. The van der Waals surface area contributed by atoms with E-state index in [1.165, 1.54) is 13.2 Å². The number of phenols is 1. The molecular formula is C28H32N4O5. The van der Waals surface area contributed by atoms with Crippen molar-refractivity contribution in [3.63, 3.8) is 0 Å². The number of methoxy groups -OCH3 is 1. The third kappa shape index (κ3) is 8.64. The van der Waals surface area contributed by atoms with E-state index in [1.54, 1.807) is 18.3 Å². The minimum Gasteiger partial charge on any atom is -0.507 e. The minimum absolute atomic E-state index is 0.0237. The quantitative estimate of drug-likeness (QED) is 0.219. The molecule has 0 radical (unpaired) electrons. The fourth-order valence-electron chi connectivity index (χ4n) is 3.74. The van der Waals surface area contributed by atoms with E-state index in [4.69, 9.17) is 4.74 Å². The van der Waals surface area contributed by atoms with Crippen molar-refractivity contribution in [1.82, 2.24) is 15.6 Å². The average molecular weight is 505 g/mol. The summed E-state index contributed by atoms with van der Waals surface area (Å²) in [7, 11) is 1.27. The number of amides is 2. The second-order valence-corrected chi connectivity index (χ2v) is 8.57. The number of benzene rings is 2. The first-order valence-corrected chi connectivity index (χ1v) is 12.0. The Kier molecular flexibility index (Phi) is 10.0. The van der Waals surface area contributed by atoms with Crippen LogP contribution in [0.15, 0.2) is 66.9 Å². The van der Waals surface area contributed by atoms with Crippen LogP contribution in [0.1, 0.15) is 36.4 Å². The van der Waals surface area contributed by atoms with Gasteiger partial charge in [0.15, 0.2) is 0 Å². The first-order valence-electron chi connectivity index (χ1n) is 12.0. The minimum atomic E-state index is -0.737. The highest BCUT2D eigenvalue weighted by Crippen LogP contribution is 2.32. The standard InChI is InChI=1S/C28H32N4O5/c1-19-12-14-30-25(15-19)29-13-6-9-26(34)31-18-27(35)32-23(17-28(36)37-2)21-10-11-22(24(33)16-21)20-7-4-3-5-8-20/h3-5,7-8,10-12,14-16,23,33H,6,9,13,17-18H2,1-2H3,(H,29,30)(H,31,34)(H,32,35). The van der Waals surface area contributed by atoms with Crippen LogP contribution in [0.4, 0.5) is 5.82 Å². The van der Waals surface area contributed by atoms with Gasteiger partial charge in [0, 0.05) is 24.7 Å². The van der Waals surface area contributed by atoms with Gasteiger partial charge in [0.1, 0.15) is 11.6 Å². The molecule has 1 heterocycles. The number of carbonyl (C=O) groups excluding carboxylic acids is 3. The number of hydrogen-bond donors (Lipinski definition) is 4. The van der Waals surface area contributed by atoms with Gasteiger partial charge in [-0.15, -0.1) is 0 Å². The largest absolute Gasteiger partial charge is 0.507 e. The molecule has 0 fully saturated rings. The number of pyridine rings is 1. The predicted molar refractivity (Wildman–Crippen MR) is 141 cm³/mol. The lowest BCUT2D eigenvalue weighted by Crippen LogP contribution is -2.39. The topological polar surface area (TPSA) is 130 Å². The Bertz CT molecular complexity index is 1220. The van der Waals surface area contributed by atoms with Crippen LogP contribution in [0, 0.1) is 6.92 Å². The van der Waals surface area contributed by atoms with Crippen molar-refractivity contribution in [3.8, 4) is 16.9 Å². The lowest BCUT2D eigenvalue weighted by Gasteiger charge is -2.19. The Labute approximate surface area is 216 Å². The molecule has 0 aliphatic rings. The summed E-state index contributed by atoms with van der Waals surface area (Å²) >= 11 is 0. The lowest BCUT2D eigenvalue weighted by molar-refractivity contribution is -0.141. The van der Waals surface area contributed by atoms with Crippen LogP contribution in [-0.2, 0) is 19.1 Å². The highest BCUT2D eigenvalue weighted by Gasteiger charge is 2.21. The van der Waals surface area contributed by atoms with Crippen LogP contribution in [-0.4, -0.2) is 48.1 Å². The summed E-state index contributed by atoms with van der Waals surface area (Å²) in [5.74, 6) is -0.467. The van der Waals surface area contributed by atoms with Crippen molar-refractivity contribution in [1.29, 1.82) is 0 Å². The number of esters is 1. The fourth-order valence-corrected chi connectivity index (χ4v) is 3.74. The second-order valence-electron chi connectivity index (χ2n) is 8.57. The first-order chi connectivity index (χ1) is 17.9. The molecule has 1 unspecified atom stereocenters. The van der Waals surface area contributed by atoms with Gasteiger partial charge in [0.2, 0.25) is 11.8 Å². The monoisotopic (exact) mass is 504 g/mol. The highest BCUT2D eigenvalue weighted by atomic mass is 16.5. The number of anilines is 1. The maximum atomic E-state index is 12.6. The zero-order chi connectivity index (χ0) is 26.6. The van der Waals surface area contributed by atoms with Crippen molar-refractivity contribution in [3.05, 3.63) is 78.0 Å². The maximum absolute atomic E-state index is 12.6. The SMILES string of the molecule is COC(=O)CC(NC(=O)CNC(=O)CCCNc1cc(C)ccn1)c1ccc(-c2ccccc2)c(O)c1. The van der Waals surface area contributed by atoms with Gasteiger partial charge in [0.25, 0.3) is 0 Å². The van der Waals surface area contributed by atoms with E-state index in [-0.39, 0.29) is 31.0 Å². The molecule has 1 atom stereocenters. The molecule has 194 valence electrons. The lowest BCUT2D eigenvalue weighted by atomic mass is 9.98. The normalized spacial score (nSPS) is 11.3. The zero-order valence-electron chi connectivity index (χ0n) is 21.0. The van der Waals surface area contributed by atoms with Gasteiger partial charge < -0.3 is 25.8 Å². The molecule has 0 saturated carbocycles. The van der Waals surface area contributed by atoms with E-state index in [2.05, 4.69) is 20.9 Å². The van der Waals surface area contributed by atoms with Crippen LogP contribution in [0.3, 0.4) is 0 Å². The number of rotatable bonds is 12. The predicted octanol–water partition coefficient (Wildman–Crippen LogP) is 3.49. The summed E-state index contributed by atoms with van der Waals surface area (Å²) < 4.78 is 4.77. The number of phenolic OH excluding ortho intramolecular Hbond substituents is 1. The fraction of sp³-hybridized carbons (Fsp3) is 0.286. The number of aromatic nitrogens is 1. The molecule has 3 rings (SSSR count). The van der Waals surface area contributed by atoms with Gasteiger partial charge in [-0.05, 0) is 48.2 Å². The number of aryl methyl sites for hydroxylation is 1. The van der Waals surface area contributed by atoms with E-state index < -0.39 is 17.9 Å². The van der Waals surface area contributed by atoms with E-state index in [0.29, 0.717) is 24.1 Å². The molecule has 3 aromatic rings. The molecule has 0 saturated heterocycles. The molecule has 9 heteroatoms. The Hall–Kier alpha value is -4.40. The van der Waals surface area contributed by atoms with E-state index in [0.717, 1.165) is 16.9 Å². The molecule has 37 heavy (non-hydrogen) atoms. The summed E-state index contributed by atoms with van der Waals surface area (Å²) in [6.45, 7) is 2.31. The summed E-state index contributed by atoms with van der Waals surface area (Å²) in [6, 6.07) is 17.5. The molecule has 2 aromatic carbocycles. The Morgan fingerprint density at radius 2 is 1.81 bits per heavy atom. The molecule has 0 aliphatic heterocycles. The number of ether oxygens (including phenoxy) is 1. The van der Waals surface area contributed by atoms with Gasteiger partial charge in [-0.2, -0.15) is 0 Å². The van der Waals surface area contributed by atoms with Crippen molar-refractivity contribution in [2.24, 2.45) is 0 Å². The van der Waals surface area contributed by atoms with Crippen molar-refractivity contribution in [2.45, 2.75) is 32.2 Å². The molecule has 0 spiro atoms. The van der Waals surface area contributed by atoms with Gasteiger partial charge in [-0.25, -0.2) is 4.98 Å². The van der Waals surface area contributed by atoms with Gasteiger partial charge in [0.05, 0.1) is 26.1 Å². The Morgan fingerprint density at radius 1 is 1.03 bits per heavy atom. The summed E-state index contributed by atoms with van der Waals surface area (Å²) in [4.78, 5) is 40.9. The van der Waals surface area contributed by atoms with E-state index in [9.17, 15) is 19.5 Å². The van der Waals surface area contributed by atoms with E-state index >= 15 is 0 Å². The molecule has 1 aromatic heterocycles. The summed E-state index contributed by atoms with van der Waals surface area (Å²) in [5, 5.41) is 19.1. The maximum Gasteiger partial charge on any atom is 0.307 e. The number of carbonyl (C=O) groups is 3. The van der Waals surface area contributed by atoms with Crippen LogP contribution < -0.4 is 16.0 Å². The van der Waals surface area contributed by atoms with E-state index in [1.807, 2.05) is 49.4 Å². The molecule has 2 amide bonds. The smallest absolute Gasteiger partial charge is 0.307 e. The van der Waals surface area contributed by atoms with Crippen LogP contribution >= 0.6 is 0 Å². The van der Waals surface area contributed by atoms with Crippen molar-refractivity contribution in [2.75, 3.05) is 25.5 Å². The first kappa shape index (κ1) is 27.2. The number of aromatic hydroxyl groups is 1. The Balaban J connectivity index is 1.52. The van der Waals surface area contributed by atoms with Crippen LogP contribution in [0.5, 0.6) is 5.75 Å². The highest BCUT2D eigenvalue weighted by molar-refractivity contribution is 5.85. The van der Waals surface area contributed by atoms with Gasteiger partial charge in [-0.1, -0.05) is 42.5 Å². The molecule has 0 bridgehead atoms. The van der Waals surface area contributed by atoms with Gasteiger partial charge >= 0.3 is 5.97 Å². The molecule has 0 aliphatic carbocycles. The third-order valence-electron chi connectivity index (χ3n) is 5.69. The van der Waals surface area contributed by atoms with Gasteiger partial charge in [-0.3, -0.25) is 14.4 Å². The van der Waals surface area contributed by atoms with Crippen LogP contribution in [0.25, 0.3) is 11.1 Å². The number of nitrogens with zero attached hydrogens (tertiary/aromatic N) is 1. The second kappa shape index (κ2) is 13.6. The summed E-state index contributed by atoms with van der Waals surface area (Å²) in [6.07, 6.45) is 2.40. The molecule has 9 nitrogen and oxygen atoms in total. The van der Waals surface area contributed by atoms with Crippen molar-refractivity contribution >= 4 is 23.6 Å². The number of hydrogen-bond acceptors (Lipinski definition) is 7. The molecular weight excluding hydrogens is 472 g/mol. The number of nitrogens with one attached hydrogen (secondary N) is 3. The van der Waals surface area contributed by atoms with Crippen molar-refractivity contribution < 1.29 is 24.2 Å². The third-order valence-corrected chi connectivity index (χ3v) is 5.69. The molecule has 4 N–H and O–H groups in total. The zero-order valence-corrected chi connectivity index (χ0v) is 21.0. The Morgan fingerprint density at radius 3 is 2.51 bits per heavy atom. The average Bonchev–Trinajstić information content (AvgIpc) is 2.90. The van der Waals surface area contributed by atoms with Crippen LogP contribution in [0.2, 0.25) is 0 Å².